The molecule has 0 bridgehead atoms. The van der Waals surface area contributed by atoms with Crippen molar-refractivity contribution >= 4 is 11.0 Å². The van der Waals surface area contributed by atoms with E-state index in [4.69, 9.17) is 9.52 Å². The molecule has 2 rings (SSSR count). The van der Waals surface area contributed by atoms with Crippen LogP contribution in [0.3, 0.4) is 0 Å². The van der Waals surface area contributed by atoms with Crippen molar-refractivity contribution in [3.63, 3.8) is 0 Å². The van der Waals surface area contributed by atoms with E-state index in [1.54, 1.807) is 12.1 Å². The minimum atomic E-state index is -0.393. The van der Waals surface area contributed by atoms with E-state index in [0.29, 0.717) is 5.58 Å². The van der Waals surface area contributed by atoms with Gasteiger partial charge in [0.15, 0.2) is 0 Å². The van der Waals surface area contributed by atoms with Crippen molar-refractivity contribution in [1.29, 1.82) is 0 Å². The number of hydrogen-bond donors (Lipinski definition) is 1. The molecule has 0 unspecified atom stereocenters. The van der Waals surface area contributed by atoms with Crippen molar-refractivity contribution in [1.82, 2.24) is 0 Å². The number of hydrogen-bond acceptors (Lipinski definition) is 3. The zero-order valence-electron chi connectivity index (χ0n) is 7.07. The smallest absolute Gasteiger partial charge is 0.336 e. The summed E-state index contributed by atoms with van der Waals surface area (Å²) in [6, 6.07) is 6.15. The molecule has 0 spiro atoms. The first-order valence-corrected chi connectivity index (χ1v) is 3.90. The molecule has 0 fully saturated rings. The van der Waals surface area contributed by atoms with Crippen molar-refractivity contribution in [2.45, 2.75) is 6.92 Å². The van der Waals surface area contributed by atoms with E-state index < -0.39 is 5.63 Å². The van der Waals surface area contributed by atoms with Gasteiger partial charge in [-0.1, -0.05) is 0 Å². The molecular weight excluding hydrogens is 169 g/mol. The molecule has 0 amide bonds. The number of benzene rings is 1. The molecule has 0 aliphatic rings. The SMILES string of the molecule is Cc1c[13c](=O)oc2cc(O)ccc12. The number of fused-ring (bicyclic) bond motifs is 1. The molecule has 0 saturated carbocycles. The zero-order valence-corrected chi connectivity index (χ0v) is 7.07. The summed E-state index contributed by atoms with van der Waals surface area (Å²) in [7, 11) is 0. The van der Waals surface area contributed by atoms with Crippen LogP contribution in [-0.2, 0) is 0 Å². The summed E-state index contributed by atoms with van der Waals surface area (Å²) in [4.78, 5) is 11.0. The first kappa shape index (κ1) is 7.86. The van der Waals surface area contributed by atoms with Crippen molar-refractivity contribution in [2.75, 3.05) is 0 Å². The zero-order chi connectivity index (χ0) is 9.42. The average Bonchev–Trinajstić information content (AvgIpc) is 2.02. The molecule has 0 radical (unpaired) electrons. The van der Waals surface area contributed by atoms with Gasteiger partial charge in [-0.2, -0.15) is 0 Å². The first-order valence-electron chi connectivity index (χ1n) is 3.90. The second-order valence-electron chi connectivity index (χ2n) is 2.93. The minimum Gasteiger partial charge on any atom is -0.508 e. The van der Waals surface area contributed by atoms with Gasteiger partial charge in [0, 0.05) is 17.5 Å². The quantitative estimate of drug-likeness (QED) is 0.624. The molecule has 0 aliphatic carbocycles. The molecule has 0 aliphatic heterocycles. The monoisotopic (exact) mass is 177 g/mol. The molecule has 3 nitrogen and oxygen atoms in total. The highest BCUT2D eigenvalue weighted by Crippen LogP contribution is 2.20. The number of phenolic OH excluding ortho intramolecular Hbond substituents is 1. The van der Waals surface area contributed by atoms with Crippen molar-refractivity contribution < 1.29 is 9.52 Å². The van der Waals surface area contributed by atoms with Crippen LogP contribution in [0.15, 0.2) is 33.5 Å². The Morgan fingerprint density at radius 1 is 1.31 bits per heavy atom. The molecule has 1 aromatic heterocycles. The number of aryl methyl sites for hydroxylation is 1. The third-order valence-electron chi connectivity index (χ3n) is 1.93. The van der Waals surface area contributed by atoms with E-state index in [1.807, 2.05) is 6.92 Å². The van der Waals surface area contributed by atoms with Gasteiger partial charge in [-0.25, -0.2) is 4.79 Å². The fourth-order valence-electron chi connectivity index (χ4n) is 1.31. The lowest BCUT2D eigenvalue weighted by molar-refractivity contribution is 0.473. The van der Waals surface area contributed by atoms with Crippen LogP contribution in [0.1, 0.15) is 5.56 Å². The highest BCUT2D eigenvalue weighted by molar-refractivity contribution is 5.81. The maximum Gasteiger partial charge on any atom is 0.336 e. The second-order valence-corrected chi connectivity index (χ2v) is 2.93. The summed E-state index contributed by atoms with van der Waals surface area (Å²) in [5.74, 6) is 0.0984. The van der Waals surface area contributed by atoms with Gasteiger partial charge in [0.1, 0.15) is 11.3 Å². The van der Waals surface area contributed by atoms with Crippen molar-refractivity contribution in [2.24, 2.45) is 0 Å². The van der Waals surface area contributed by atoms with Crippen LogP contribution in [0.4, 0.5) is 0 Å². The van der Waals surface area contributed by atoms with Gasteiger partial charge >= 0.3 is 5.63 Å². The average molecular weight is 177 g/mol. The van der Waals surface area contributed by atoms with Crippen molar-refractivity contribution in [3.05, 3.63) is 40.2 Å². The molecule has 2 aromatic rings. The Hall–Kier alpha value is -1.77. The Labute approximate surface area is 74.2 Å². The first-order chi connectivity index (χ1) is 6.16. The Morgan fingerprint density at radius 3 is 2.85 bits per heavy atom. The Kier molecular flexibility index (Phi) is 1.59. The largest absolute Gasteiger partial charge is 0.508 e. The van der Waals surface area contributed by atoms with E-state index in [1.165, 1.54) is 12.1 Å². The maximum absolute atomic E-state index is 11.0. The van der Waals surface area contributed by atoms with E-state index in [2.05, 4.69) is 0 Å². The summed E-state index contributed by atoms with van der Waals surface area (Å²) in [6.07, 6.45) is 0. The van der Waals surface area contributed by atoms with Gasteiger partial charge in [-0.3, -0.25) is 0 Å². The lowest BCUT2D eigenvalue weighted by Crippen LogP contribution is -1.97. The number of phenols is 1. The van der Waals surface area contributed by atoms with Crippen molar-refractivity contribution in [3.8, 4) is 5.75 Å². The summed E-state index contributed by atoms with van der Waals surface area (Å²) >= 11 is 0. The van der Waals surface area contributed by atoms with E-state index in [9.17, 15) is 4.79 Å². The maximum atomic E-state index is 11.0. The van der Waals surface area contributed by atoms with E-state index >= 15 is 0 Å². The number of aromatic hydroxyl groups is 1. The summed E-state index contributed by atoms with van der Waals surface area (Å²) < 4.78 is 4.91. The van der Waals surface area contributed by atoms with Crippen LogP contribution in [0.25, 0.3) is 11.0 Å². The van der Waals surface area contributed by atoms with Gasteiger partial charge in [0.2, 0.25) is 0 Å². The third-order valence-corrected chi connectivity index (χ3v) is 1.93. The normalized spacial score (nSPS) is 10.5. The van der Waals surface area contributed by atoms with Gasteiger partial charge in [0.25, 0.3) is 0 Å². The topological polar surface area (TPSA) is 50.4 Å². The summed E-state index contributed by atoms with van der Waals surface area (Å²) in [5, 5.41) is 9.99. The minimum absolute atomic E-state index is 0.0984. The van der Waals surface area contributed by atoms with Gasteiger partial charge in [-0.15, -0.1) is 0 Å². The predicted molar refractivity (Wildman–Crippen MR) is 48.9 cm³/mol. The highest BCUT2D eigenvalue weighted by Gasteiger charge is 2.01. The Morgan fingerprint density at radius 2 is 2.08 bits per heavy atom. The lowest BCUT2D eigenvalue weighted by Gasteiger charge is -1.99. The standard InChI is InChI=1S/C10H8O3/c1-6-4-10(12)13-9-5-7(11)2-3-8(6)9/h2-5,11H,1H3/i10+1. The Balaban J connectivity index is 2.94. The van der Waals surface area contributed by atoms with Gasteiger partial charge in [-0.05, 0) is 24.6 Å². The molecule has 3 heteroatoms. The fourth-order valence-corrected chi connectivity index (χ4v) is 1.31. The fraction of sp³-hybridized carbons (Fsp3) is 0.100. The lowest BCUT2D eigenvalue weighted by atomic mass is 10.1. The highest BCUT2D eigenvalue weighted by atomic mass is 16.5. The number of rotatable bonds is 0. The molecular formula is C10H8O3. The molecule has 66 valence electrons. The molecule has 0 atom stereocenters. The van der Waals surface area contributed by atoms with Crippen LogP contribution in [0.2, 0.25) is 0 Å². The van der Waals surface area contributed by atoms with Crippen LogP contribution < -0.4 is 5.63 Å². The molecule has 13 heavy (non-hydrogen) atoms. The van der Waals surface area contributed by atoms with E-state index in [0.717, 1.165) is 10.9 Å². The van der Waals surface area contributed by atoms with E-state index in [-0.39, 0.29) is 5.75 Å². The van der Waals surface area contributed by atoms with Crippen LogP contribution in [0, 0.1) is 6.92 Å². The summed E-state index contributed by atoms with van der Waals surface area (Å²) in [6.45, 7) is 1.83. The van der Waals surface area contributed by atoms with Gasteiger partial charge in [0.05, 0.1) is 0 Å². The predicted octanol–water partition coefficient (Wildman–Crippen LogP) is 1.81. The van der Waals surface area contributed by atoms with Gasteiger partial charge < -0.3 is 9.52 Å². The van der Waals surface area contributed by atoms with Crippen LogP contribution in [0.5, 0.6) is 5.75 Å². The van der Waals surface area contributed by atoms with Crippen LogP contribution >= 0.6 is 0 Å². The van der Waals surface area contributed by atoms with Crippen LogP contribution in [-0.4, -0.2) is 5.11 Å². The molecule has 1 N–H and O–H groups in total. The second kappa shape index (κ2) is 2.62. The molecule has 0 saturated heterocycles. The molecule has 1 heterocycles. The third kappa shape index (κ3) is 1.28. The molecule has 1 aromatic carbocycles. The Bertz CT molecular complexity index is 511. The summed E-state index contributed by atoms with van der Waals surface area (Å²) in [5.41, 5.74) is 0.881.